The van der Waals surface area contributed by atoms with Crippen LogP contribution >= 0.6 is 12.2 Å². The molecule has 1 rings (SSSR count). The largest absolute Gasteiger partial charge is 0.392 e. The van der Waals surface area contributed by atoms with Gasteiger partial charge < -0.3 is 11.1 Å². The number of aryl methyl sites for hydroxylation is 1. The first-order valence-corrected chi connectivity index (χ1v) is 7.41. The minimum absolute atomic E-state index is 0.112. The number of nitrogens with one attached hydrogen (secondary N) is 1. The van der Waals surface area contributed by atoms with Gasteiger partial charge in [0.15, 0.2) is 0 Å². The molecule has 0 bridgehead atoms. The van der Waals surface area contributed by atoms with Gasteiger partial charge in [-0.05, 0) is 31.9 Å². The maximum atomic E-state index is 12.7. The first-order valence-electron chi connectivity index (χ1n) is 7.00. The third kappa shape index (κ3) is 3.76. The van der Waals surface area contributed by atoms with E-state index in [0.29, 0.717) is 12.8 Å². The van der Waals surface area contributed by atoms with Crippen molar-refractivity contribution >= 4 is 28.8 Å². The molecule has 0 spiro atoms. The molecule has 3 N–H and O–H groups in total. The summed E-state index contributed by atoms with van der Waals surface area (Å²) in [6, 6.07) is 3.60. The third-order valence-corrected chi connectivity index (χ3v) is 3.81. The summed E-state index contributed by atoms with van der Waals surface area (Å²) in [6.07, 6.45) is 4.74. The Hall–Kier alpha value is -1.49. The Balaban J connectivity index is 3.01. The van der Waals surface area contributed by atoms with Crippen LogP contribution in [-0.2, 0) is 4.79 Å². The van der Waals surface area contributed by atoms with E-state index >= 15 is 0 Å². The molecule has 1 heterocycles. The van der Waals surface area contributed by atoms with Gasteiger partial charge in [0, 0.05) is 17.6 Å². The second-order valence-corrected chi connectivity index (χ2v) is 5.53. The van der Waals surface area contributed by atoms with Gasteiger partial charge >= 0.3 is 0 Å². The van der Waals surface area contributed by atoms with Crippen molar-refractivity contribution in [3.05, 3.63) is 24.0 Å². The highest BCUT2D eigenvalue weighted by molar-refractivity contribution is 7.80. The number of amides is 1. The van der Waals surface area contributed by atoms with Crippen LogP contribution in [0, 0.1) is 12.3 Å². The van der Waals surface area contributed by atoms with Gasteiger partial charge in [0.25, 0.3) is 0 Å². The van der Waals surface area contributed by atoms with Crippen LogP contribution < -0.4 is 11.1 Å². The first-order chi connectivity index (χ1) is 9.46. The number of anilines is 1. The molecule has 0 aliphatic carbocycles. The summed E-state index contributed by atoms with van der Waals surface area (Å²) in [5.41, 5.74) is 6.72. The second kappa shape index (κ2) is 7.33. The van der Waals surface area contributed by atoms with Crippen molar-refractivity contribution in [2.75, 3.05) is 5.32 Å². The molecule has 0 aromatic carbocycles. The lowest BCUT2D eigenvalue weighted by atomic mass is 9.78. The molecule has 0 aliphatic rings. The van der Waals surface area contributed by atoms with E-state index in [1.165, 1.54) is 0 Å². The zero-order chi connectivity index (χ0) is 15.2. The topological polar surface area (TPSA) is 68.0 Å². The number of carbonyl (C=O) groups is 1. The van der Waals surface area contributed by atoms with Crippen molar-refractivity contribution in [1.29, 1.82) is 0 Å². The number of hydrogen-bond donors (Lipinski definition) is 2. The fourth-order valence-electron chi connectivity index (χ4n) is 2.44. The molecule has 0 unspecified atom stereocenters. The van der Waals surface area contributed by atoms with E-state index in [2.05, 4.69) is 10.3 Å². The van der Waals surface area contributed by atoms with Crippen LogP contribution in [0.5, 0.6) is 0 Å². The van der Waals surface area contributed by atoms with E-state index < -0.39 is 5.41 Å². The van der Waals surface area contributed by atoms with E-state index in [4.69, 9.17) is 18.0 Å². The number of nitrogens with two attached hydrogens (primary N) is 1. The average molecular weight is 293 g/mol. The third-order valence-electron chi connectivity index (χ3n) is 3.41. The zero-order valence-electron chi connectivity index (χ0n) is 12.4. The predicted octanol–water partition coefficient (Wildman–Crippen LogP) is 3.20. The standard InChI is InChI=1S/C15H23N3OS/c1-4-7-15(8-5-2,13(16)20)14(19)18-12-6-9-17-11(3)10-12/h6,9-10H,4-5,7-8H2,1-3H3,(H2,16,20)(H,17,18,19). The number of thiocarbonyl (C=S) groups is 1. The number of hydrogen-bond acceptors (Lipinski definition) is 3. The van der Waals surface area contributed by atoms with Gasteiger partial charge in [-0.1, -0.05) is 38.9 Å². The highest BCUT2D eigenvalue weighted by Crippen LogP contribution is 2.32. The summed E-state index contributed by atoms with van der Waals surface area (Å²) in [5.74, 6) is -0.112. The van der Waals surface area contributed by atoms with Gasteiger partial charge in [0.1, 0.15) is 0 Å². The molecule has 5 heteroatoms. The van der Waals surface area contributed by atoms with E-state index in [9.17, 15) is 4.79 Å². The fraction of sp³-hybridized carbons (Fsp3) is 0.533. The van der Waals surface area contributed by atoms with Gasteiger partial charge in [-0.2, -0.15) is 0 Å². The average Bonchev–Trinajstić information content (AvgIpc) is 2.37. The lowest BCUT2D eigenvalue weighted by molar-refractivity contribution is -0.122. The minimum Gasteiger partial charge on any atom is -0.392 e. The number of nitrogens with zero attached hydrogens (tertiary/aromatic N) is 1. The number of pyridine rings is 1. The molecule has 1 aromatic heterocycles. The Kier molecular flexibility index (Phi) is 6.07. The van der Waals surface area contributed by atoms with Crippen molar-refractivity contribution in [3.8, 4) is 0 Å². The molecule has 0 saturated carbocycles. The van der Waals surface area contributed by atoms with Crippen LogP contribution in [0.2, 0.25) is 0 Å². The van der Waals surface area contributed by atoms with Gasteiger partial charge in [-0.3, -0.25) is 9.78 Å². The minimum atomic E-state index is -0.754. The Labute approximate surface area is 126 Å². The Morgan fingerprint density at radius 2 is 2.00 bits per heavy atom. The maximum Gasteiger partial charge on any atom is 0.237 e. The molecule has 0 saturated heterocycles. The molecule has 0 radical (unpaired) electrons. The van der Waals surface area contributed by atoms with Crippen LogP contribution in [-0.4, -0.2) is 15.9 Å². The second-order valence-electron chi connectivity index (χ2n) is 5.09. The number of aromatic nitrogens is 1. The molecule has 0 aliphatic heterocycles. The molecular weight excluding hydrogens is 270 g/mol. The molecule has 1 aromatic rings. The molecule has 1 amide bonds. The van der Waals surface area contributed by atoms with Crippen LogP contribution in [0.25, 0.3) is 0 Å². The highest BCUT2D eigenvalue weighted by atomic mass is 32.1. The maximum absolute atomic E-state index is 12.7. The monoisotopic (exact) mass is 293 g/mol. The van der Waals surface area contributed by atoms with Crippen molar-refractivity contribution < 1.29 is 4.79 Å². The molecule has 20 heavy (non-hydrogen) atoms. The molecule has 0 atom stereocenters. The van der Waals surface area contributed by atoms with Crippen LogP contribution in [0.15, 0.2) is 18.3 Å². The van der Waals surface area contributed by atoms with Crippen molar-refractivity contribution in [2.24, 2.45) is 11.1 Å². The van der Waals surface area contributed by atoms with Gasteiger partial charge in [-0.15, -0.1) is 0 Å². The summed E-state index contributed by atoms with van der Waals surface area (Å²) in [5, 5.41) is 2.93. The SMILES string of the molecule is CCCC(CCC)(C(=O)Nc1ccnc(C)c1)C(N)=S. The van der Waals surface area contributed by atoms with Crippen LogP contribution in [0.3, 0.4) is 0 Å². The van der Waals surface area contributed by atoms with E-state index in [1.54, 1.807) is 12.3 Å². The van der Waals surface area contributed by atoms with E-state index in [1.807, 2.05) is 26.8 Å². The summed E-state index contributed by atoms with van der Waals surface area (Å²) in [6.45, 7) is 5.95. The van der Waals surface area contributed by atoms with Crippen molar-refractivity contribution in [2.45, 2.75) is 46.5 Å². The predicted molar refractivity (Wildman–Crippen MR) is 86.6 cm³/mol. The highest BCUT2D eigenvalue weighted by Gasteiger charge is 2.39. The zero-order valence-corrected chi connectivity index (χ0v) is 13.2. The lowest BCUT2D eigenvalue weighted by Gasteiger charge is -2.31. The Bertz CT molecular complexity index is 482. The quantitative estimate of drug-likeness (QED) is 0.758. The molecule has 110 valence electrons. The number of rotatable bonds is 7. The van der Waals surface area contributed by atoms with Gasteiger partial charge in [0.2, 0.25) is 5.91 Å². The lowest BCUT2D eigenvalue weighted by Crippen LogP contribution is -2.46. The smallest absolute Gasteiger partial charge is 0.237 e. The van der Waals surface area contributed by atoms with Crippen molar-refractivity contribution in [3.63, 3.8) is 0 Å². The summed E-state index contributed by atoms with van der Waals surface area (Å²) in [4.78, 5) is 17.1. The van der Waals surface area contributed by atoms with Gasteiger partial charge in [-0.25, -0.2) is 0 Å². The summed E-state index contributed by atoms with van der Waals surface area (Å²) < 4.78 is 0. The van der Waals surface area contributed by atoms with E-state index in [0.717, 1.165) is 24.2 Å². The summed E-state index contributed by atoms with van der Waals surface area (Å²) >= 11 is 5.18. The van der Waals surface area contributed by atoms with Crippen LogP contribution in [0.1, 0.15) is 45.2 Å². The Morgan fingerprint density at radius 1 is 1.40 bits per heavy atom. The first kappa shape index (κ1) is 16.6. The number of carbonyl (C=O) groups excluding carboxylic acids is 1. The molecule has 0 fully saturated rings. The van der Waals surface area contributed by atoms with Crippen molar-refractivity contribution in [1.82, 2.24) is 4.98 Å². The van der Waals surface area contributed by atoms with Crippen LogP contribution in [0.4, 0.5) is 5.69 Å². The molecule has 4 nitrogen and oxygen atoms in total. The fourth-order valence-corrected chi connectivity index (χ4v) is 2.73. The normalized spacial score (nSPS) is 11.2. The van der Waals surface area contributed by atoms with E-state index in [-0.39, 0.29) is 10.9 Å². The van der Waals surface area contributed by atoms with Gasteiger partial charge in [0.05, 0.1) is 10.4 Å². The summed E-state index contributed by atoms with van der Waals surface area (Å²) in [7, 11) is 0. The molecular formula is C15H23N3OS. The Morgan fingerprint density at radius 3 is 2.45 bits per heavy atom.